The summed E-state index contributed by atoms with van der Waals surface area (Å²) in [6.07, 6.45) is 3.52. The molecule has 0 bridgehead atoms. The van der Waals surface area contributed by atoms with Crippen molar-refractivity contribution in [1.82, 2.24) is 5.32 Å². The molecule has 6 heteroatoms. The number of piperidine rings is 1. The lowest BCUT2D eigenvalue weighted by Crippen LogP contribution is -2.37. The smallest absolute Gasteiger partial charge is 0.238 e. The lowest BCUT2D eigenvalue weighted by Gasteiger charge is -2.33. The van der Waals surface area contributed by atoms with Gasteiger partial charge >= 0.3 is 0 Å². The van der Waals surface area contributed by atoms with Crippen molar-refractivity contribution in [3.63, 3.8) is 0 Å². The van der Waals surface area contributed by atoms with Crippen LogP contribution in [0, 0.1) is 5.92 Å². The van der Waals surface area contributed by atoms with Gasteiger partial charge in [-0.2, -0.15) is 0 Å². The molecule has 2 rings (SSSR count). The van der Waals surface area contributed by atoms with Crippen LogP contribution >= 0.6 is 0 Å². The lowest BCUT2D eigenvalue weighted by atomic mass is 9.96. The van der Waals surface area contributed by atoms with Crippen molar-refractivity contribution in [2.24, 2.45) is 11.1 Å². The largest absolute Gasteiger partial charge is 0.372 e. The minimum Gasteiger partial charge on any atom is -0.372 e. The second-order valence-corrected chi connectivity index (χ2v) is 7.23. The van der Waals surface area contributed by atoms with Crippen LogP contribution in [0.15, 0.2) is 29.2 Å². The van der Waals surface area contributed by atoms with Crippen LogP contribution < -0.4 is 15.4 Å². The average Bonchev–Trinajstić information content (AvgIpc) is 2.48. The minimum atomic E-state index is -3.60. The number of hydrogen-bond acceptors (Lipinski definition) is 4. The summed E-state index contributed by atoms with van der Waals surface area (Å²) in [6.45, 7) is 6.42. The number of hydrogen-bond donors (Lipinski definition) is 2. The summed E-state index contributed by atoms with van der Waals surface area (Å²) in [5.74, 6) is 0.747. The number of nitrogens with zero attached hydrogens (tertiary/aromatic N) is 1. The van der Waals surface area contributed by atoms with Crippen molar-refractivity contribution in [3.05, 3.63) is 24.3 Å². The van der Waals surface area contributed by atoms with Gasteiger partial charge < -0.3 is 10.2 Å². The molecule has 118 valence electrons. The minimum absolute atomic E-state index is 0.171. The summed E-state index contributed by atoms with van der Waals surface area (Å²) in [5.41, 5.74) is 1.07. The third kappa shape index (κ3) is 4.69. The Hall–Kier alpha value is -1.11. The zero-order valence-electron chi connectivity index (χ0n) is 12.6. The number of nitrogens with two attached hydrogens (primary N) is 1. The molecule has 1 aliphatic heterocycles. The Morgan fingerprint density at radius 3 is 2.38 bits per heavy atom. The second-order valence-electron chi connectivity index (χ2n) is 5.67. The van der Waals surface area contributed by atoms with Crippen LogP contribution in [0.1, 0.15) is 26.2 Å². The van der Waals surface area contributed by atoms with Gasteiger partial charge in [0, 0.05) is 18.8 Å². The summed E-state index contributed by atoms with van der Waals surface area (Å²) in [7, 11) is -3.60. The molecule has 0 amide bonds. The molecule has 1 aromatic rings. The molecule has 5 nitrogen and oxygen atoms in total. The van der Waals surface area contributed by atoms with E-state index in [0.29, 0.717) is 0 Å². The zero-order chi connectivity index (χ0) is 15.3. The Balaban J connectivity index is 1.87. The first kappa shape index (κ1) is 16.3. The molecule has 0 aromatic heterocycles. The van der Waals surface area contributed by atoms with Crippen LogP contribution in [-0.4, -0.2) is 34.6 Å². The molecule has 1 fully saturated rings. The second kappa shape index (κ2) is 7.24. The maximum Gasteiger partial charge on any atom is 0.238 e. The van der Waals surface area contributed by atoms with Gasteiger partial charge in [-0.25, -0.2) is 13.6 Å². The van der Waals surface area contributed by atoms with E-state index >= 15 is 0 Å². The molecule has 1 saturated heterocycles. The molecule has 0 radical (unpaired) electrons. The van der Waals surface area contributed by atoms with Gasteiger partial charge in [-0.3, -0.25) is 0 Å². The monoisotopic (exact) mass is 311 g/mol. The van der Waals surface area contributed by atoms with Gasteiger partial charge in [-0.1, -0.05) is 6.92 Å². The molecule has 0 atom stereocenters. The molecular weight excluding hydrogens is 286 g/mol. The van der Waals surface area contributed by atoms with Crippen molar-refractivity contribution in [2.45, 2.75) is 31.1 Å². The highest BCUT2D eigenvalue weighted by Gasteiger charge is 2.19. The first-order valence-corrected chi connectivity index (χ1v) is 9.14. The highest BCUT2D eigenvalue weighted by molar-refractivity contribution is 7.89. The Bertz CT molecular complexity index is 535. The third-order valence-electron chi connectivity index (χ3n) is 4.00. The van der Waals surface area contributed by atoms with E-state index in [1.165, 1.54) is 19.3 Å². The van der Waals surface area contributed by atoms with Crippen LogP contribution in [0.25, 0.3) is 0 Å². The standard InChI is InChI=1S/C15H25N3O2S/c1-2-9-17-12-13-7-10-18(11-8-13)14-3-5-15(6-4-14)21(16,19)20/h3-6,13,17H,2,7-12H2,1H3,(H2,16,19,20). The highest BCUT2D eigenvalue weighted by atomic mass is 32.2. The number of nitrogens with one attached hydrogen (secondary N) is 1. The number of rotatable bonds is 6. The van der Waals surface area contributed by atoms with Gasteiger partial charge in [-0.05, 0) is 62.5 Å². The molecule has 1 aromatic carbocycles. The molecule has 1 aliphatic rings. The molecule has 21 heavy (non-hydrogen) atoms. The Kier molecular flexibility index (Phi) is 5.61. The fourth-order valence-corrected chi connectivity index (χ4v) is 3.24. The fourth-order valence-electron chi connectivity index (χ4n) is 2.72. The van der Waals surface area contributed by atoms with E-state index in [9.17, 15) is 8.42 Å². The first-order valence-electron chi connectivity index (χ1n) is 7.59. The van der Waals surface area contributed by atoms with Crippen molar-refractivity contribution < 1.29 is 8.42 Å². The van der Waals surface area contributed by atoms with Crippen molar-refractivity contribution in [2.75, 3.05) is 31.1 Å². The molecular formula is C15H25N3O2S. The van der Waals surface area contributed by atoms with E-state index in [1.807, 2.05) is 12.1 Å². The summed E-state index contributed by atoms with van der Waals surface area (Å²) in [6, 6.07) is 6.85. The van der Waals surface area contributed by atoms with Crippen LogP contribution in [-0.2, 0) is 10.0 Å². The Morgan fingerprint density at radius 1 is 1.24 bits per heavy atom. The SMILES string of the molecule is CCCNCC1CCN(c2ccc(S(N)(=O)=O)cc2)CC1. The van der Waals surface area contributed by atoms with Gasteiger partial charge in [0.2, 0.25) is 10.0 Å². The number of anilines is 1. The van der Waals surface area contributed by atoms with Gasteiger partial charge in [0.05, 0.1) is 4.90 Å². The maximum absolute atomic E-state index is 11.2. The zero-order valence-corrected chi connectivity index (χ0v) is 13.4. The summed E-state index contributed by atoms with van der Waals surface area (Å²) >= 11 is 0. The van der Waals surface area contributed by atoms with Crippen molar-refractivity contribution in [3.8, 4) is 0 Å². The lowest BCUT2D eigenvalue weighted by molar-refractivity contribution is 0.383. The normalized spacial score (nSPS) is 17.1. The molecule has 3 N–H and O–H groups in total. The molecule has 0 spiro atoms. The van der Waals surface area contributed by atoms with E-state index in [2.05, 4.69) is 17.1 Å². The summed E-state index contributed by atoms with van der Waals surface area (Å²) in [5, 5.41) is 8.60. The topological polar surface area (TPSA) is 75.4 Å². The average molecular weight is 311 g/mol. The van der Waals surface area contributed by atoms with Gasteiger partial charge in [-0.15, -0.1) is 0 Å². The van der Waals surface area contributed by atoms with Gasteiger partial charge in [0.25, 0.3) is 0 Å². The van der Waals surface area contributed by atoms with Crippen molar-refractivity contribution >= 4 is 15.7 Å². The quantitative estimate of drug-likeness (QED) is 0.782. The van der Waals surface area contributed by atoms with Gasteiger partial charge in [0.15, 0.2) is 0 Å². The maximum atomic E-state index is 11.2. The molecule has 1 heterocycles. The Labute approximate surface area is 127 Å². The van der Waals surface area contributed by atoms with E-state index in [0.717, 1.165) is 37.8 Å². The first-order chi connectivity index (χ1) is 10.0. The Morgan fingerprint density at radius 2 is 1.86 bits per heavy atom. The predicted molar refractivity (Wildman–Crippen MR) is 85.9 cm³/mol. The predicted octanol–water partition coefficient (Wildman–Crippen LogP) is 1.55. The summed E-state index contributed by atoms with van der Waals surface area (Å²) < 4.78 is 22.5. The molecule has 0 aliphatic carbocycles. The van der Waals surface area contributed by atoms with Crippen LogP contribution in [0.4, 0.5) is 5.69 Å². The van der Waals surface area contributed by atoms with E-state index < -0.39 is 10.0 Å². The third-order valence-corrected chi connectivity index (χ3v) is 4.93. The molecule has 0 unspecified atom stereocenters. The van der Waals surface area contributed by atoms with E-state index in [4.69, 9.17) is 5.14 Å². The fraction of sp³-hybridized carbons (Fsp3) is 0.600. The van der Waals surface area contributed by atoms with Gasteiger partial charge in [0.1, 0.15) is 0 Å². The van der Waals surface area contributed by atoms with E-state index in [-0.39, 0.29) is 4.90 Å². The summed E-state index contributed by atoms with van der Waals surface area (Å²) in [4.78, 5) is 2.48. The van der Waals surface area contributed by atoms with Crippen LogP contribution in [0.5, 0.6) is 0 Å². The van der Waals surface area contributed by atoms with Crippen LogP contribution in [0.2, 0.25) is 0 Å². The van der Waals surface area contributed by atoms with Crippen LogP contribution in [0.3, 0.4) is 0 Å². The van der Waals surface area contributed by atoms with E-state index in [1.54, 1.807) is 12.1 Å². The number of primary sulfonamides is 1. The highest BCUT2D eigenvalue weighted by Crippen LogP contribution is 2.24. The van der Waals surface area contributed by atoms with Crippen molar-refractivity contribution in [1.29, 1.82) is 0 Å². The number of sulfonamides is 1. The number of benzene rings is 1. The molecule has 0 saturated carbocycles.